The van der Waals surface area contributed by atoms with E-state index in [2.05, 4.69) is 35.8 Å². The van der Waals surface area contributed by atoms with Crippen molar-refractivity contribution in [2.24, 2.45) is 5.73 Å². The van der Waals surface area contributed by atoms with E-state index in [0.29, 0.717) is 6.04 Å². The maximum atomic E-state index is 6.03. The van der Waals surface area contributed by atoms with Gasteiger partial charge in [0.25, 0.3) is 0 Å². The predicted molar refractivity (Wildman–Crippen MR) is 68.7 cm³/mol. The van der Waals surface area contributed by atoms with Gasteiger partial charge in [-0.1, -0.05) is 30.3 Å². The monoisotopic (exact) mass is 227 g/mol. The van der Waals surface area contributed by atoms with Gasteiger partial charge in [0, 0.05) is 30.3 Å². The standard InChI is InChI=1S/C14H17N3/c1-10-13-9-12(15)7-8-17(13)14(16-10)11-5-3-2-4-6-11/h2-6,12H,7-9,15H2,1H3. The molecule has 88 valence electrons. The maximum Gasteiger partial charge on any atom is 0.140 e. The molecule has 1 aliphatic rings. The van der Waals surface area contributed by atoms with Crippen molar-refractivity contribution in [1.82, 2.24) is 9.55 Å². The van der Waals surface area contributed by atoms with Crippen LogP contribution in [-0.2, 0) is 13.0 Å². The van der Waals surface area contributed by atoms with Gasteiger partial charge in [-0.25, -0.2) is 4.98 Å². The Morgan fingerprint density at radius 1 is 1.29 bits per heavy atom. The Morgan fingerprint density at radius 2 is 2.06 bits per heavy atom. The minimum absolute atomic E-state index is 0.293. The molecule has 0 fully saturated rings. The van der Waals surface area contributed by atoms with E-state index in [1.165, 1.54) is 11.3 Å². The van der Waals surface area contributed by atoms with Crippen LogP contribution in [0.2, 0.25) is 0 Å². The Morgan fingerprint density at radius 3 is 2.82 bits per heavy atom. The van der Waals surface area contributed by atoms with Crippen molar-refractivity contribution >= 4 is 0 Å². The molecule has 1 aromatic carbocycles. The van der Waals surface area contributed by atoms with E-state index >= 15 is 0 Å². The lowest BCUT2D eigenvalue weighted by Crippen LogP contribution is -2.31. The zero-order chi connectivity index (χ0) is 11.8. The number of aromatic nitrogens is 2. The van der Waals surface area contributed by atoms with E-state index in [9.17, 15) is 0 Å². The van der Waals surface area contributed by atoms with Gasteiger partial charge in [0.1, 0.15) is 5.82 Å². The van der Waals surface area contributed by atoms with Crippen LogP contribution in [0.5, 0.6) is 0 Å². The minimum Gasteiger partial charge on any atom is -0.328 e. The van der Waals surface area contributed by atoms with Gasteiger partial charge < -0.3 is 10.3 Å². The SMILES string of the molecule is Cc1nc(-c2ccccc2)n2c1CC(N)CC2. The Labute approximate surface area is 101 Å². The van der Waals surface area contributed by atoms with E-state index < -0.39 is 0 Å². The van der Waals surface area contributed by atoms with E-state index in [1.807, 2.05) is 6.07 Å². The third-order valence-corrected chi connectivity index (χ3v) is 3.48. The van der Waals surface area contributed by atoms with Crippen LogP contribution in [0.25, 0.3) is 11.4 Å². The van der Waals surface area contributed by atoms with Crippen molar-refractivity contribution in [3.05, 3.63) is 41.7 Å². The van der Waals surface area contributed by atoms with Gasteiger partial charge in [0.05, 0.1) is 5.69 Å². The minimum atomic E-state index is 0.293. The summed E-state index contributed by atoms with van der Waals surface area (Å²) in [4.78, 5) is 4.70. The van der Waals surface area contributed by atoms with Gasteiger partial charge in [-0.2, -0.15) is 0 Å². The normalized spacial score (nSPS) is 19.1. The number of fused-ring (bicyclic) bond motifs is 1. The van der Waals surface area contributed by atoms with Gasteiger partial charge in [-0.3, -0.25) is 0 Å². The van der Waals surface area contributed by atoms with Crippen molar-refractivity contribution in [1.29, 1.82) is 0 Å². The summed E-state index contributed by atoms with van der Waals surface area (Å²) in [5.74, 6) is 1.09. The molecule has 0 aliphatic carbocycles. The van der Waals surface area contributed by atoms with Crippen LogP contribution in [0.4, 0.5) is 0 Å². The summed E-state index contributed by atoms with van der Waals surface area (Å²) < 4.78 is 2.33. The molecule has 0 amide bonds. The fourth-order valence-corrected chi connectivity index (χ4v) is 2.56. The highest BCUT2D eigenvalue weighted by molar-refractivity contribution is 5.57. The van der Waals surface area contributed by atoms with Crippen LogP contribution >= 0.6 is 0 Å². The fraction of sp³-hybridized carbons (Fsp3) is 0.357. The second-order valence-electron chi connectivity index (χ2n) is 4.74. The first-order chi connectivity index (χ1) is 8.25. The van der Waals surface area contributed by atoms with Crippen molar-refractivity contribution in [3.8, 4) is 11.4 Å². The molecule has 2 aromatic rings. The van der Waals surface area contributed by atoms with Crippen LogP contribution in [0.1, 0.15) is 17.8 Å². The molecule has 3 heteroatoms. The Hall–Kier alpha value is -1.61. The summed E-state index contributed by atoms with van der Waals surface area (Å²) in [6.07, 6.45) is 1.99. The number of nitrogens with zero attached hydrogens (tertiary/aromatic N) is 2. The molecule has 1 atom stereocenters. The summed E-state index contributed by atoms with van der Waals surface area (Å²) in [7, 11) is 0. The van der Waals surface area contributed by atoms with Crippen LogP contribution < -0.4 is 5.73 Å². The molecule has 1 unspecified atom stereocenters. The summed E-state index contributed by atoms with van der Waals surface area (Å²) >= 11 is 0. The van der Waals surface area contributed by atoms with Crippen molar-refractivity contribution in [2.45, 2.75) is 32.4 Å². The van der Waals surface area contributed by atoms with Crippen molar-refractivity contribution < 1.29 is 0 Å². The molecule has 0 bridgehead atoms. The molecule has 0 spiro atoms. The third kappa shape index (κ3) is 1.76. The zero-order valence-electron chi connectivity index (χ0n) is 10.1. The number of nitrogens with two attached hydrogens (primary N) is 1. The highest BCUT2D eigenvalue weighted by Crippen LogP contribution is 2.26. The Balaban J connectivity index is 2.11. The van der Waals surface area contributed by atoms with Crippen molar-refractivity contribution in [2.75, 3.05) is 0 Å². The molecule has 17 heavy (non-hydrogen) atoms. The summed E-state index contributed by atoms with van der Waals surface area (Å²) in [6, 6.07) is 10.7. The molecule has 3 nitrogen and oxygen atoms in total. The molecular formula is C14H17N3. The number of hydrogen-bond acceptors (Lipinski definition) is 2. The summed E-state index contributed by atoms with van der Waals surface area (Å²) in [6.45, 7) is 3.07. The van der Waals surface area contributed by atoms with E-state index in [0.717, 1.165) is 30.9 Å². The van der Waals surface area contributed by atoms with E-state index in [4.69, 9.17) is 10.7 Å². The Bertz CT molecular complexity index is 528. The number of rotatable bonds is 1. The molecule has 1 aliphatic heterocycles. The lowest BCUT2D eigenvalue weighted by atomic mass is 10.0. The number of benzene rings is 1. The molecule has 0 radical (unpaired) electrons. The first-order valence-electron chi connectivity index (χ1n) is 6.12. The predicted octanol–water partition coefficient (Wildman–Crippen LogP) is 2.13. The smallest absolute Gasteiger partial charge is 0.140 e. The summed E-state index contributed by atoms with van der Waals surface area (Å²) in [5.41, 5.74) is 9.65. The van der Waals surface area contributed by atoms with Crippen LogP contribution in [-0.4, -0.2) is 15.6 Å². The highest BCUT2D eigenvalue weighted by atomic mass is 15.1. The van der Waals surface area contributed by atoms with Gasteiger partial charge in [-0.15, -0.1) is 0 Å². The third-order valence-electron chi connectivity index (χ3n) is 3.48. The fourth-order valence-electron chi connectivity index (χ4n) is 2.56. The first kappa shape index (κ1) is 10.5. The quantitative estimate of drug-likeness (QED) is 0.811. The molecule has 2 N–H and O–H groups in total. The number of imidazole rings is 1. The van der Waals surface area contributed by atoms with E-state index in [1.54, 1.807) is 0 Å². The van der Waals surface area contributed by atoms with Gasteiger partial charge in [-0.05, 0) is 13.3 Å². The number of aryl methyl sites for hydroxylation is 1. The molecule has 3 rings (SSSR count). The van der Waals surface area contributed by atoms with Crippen molar-refractivity contribution in [3.63, 3.8) is 0 Å². The zero-order valence-corrected chi connectivity index (χ0v) is 10.1. The lowest BCUT2D eigenvalue weighted by Gasteiger charge is -2.22. The van der Waals surface area contributed by atoms with Crippen LogP contribution in [0, 0.1) is 6.92 Å². The maximum absolute atomic E-state index is 6.03. The first-order valence-corrected chi connectivity index (χ1v) is 6.12. The lowest BCUT2D eigenvalue weighted by molar-refractivity contribution is 0.473. The van der Waals surface area contributed by atoms with Gasteiger partial charge >= 0.3 is 0 Å². The van der Waals surface area contributed by atoms with Crippen LogP contribution in [0.3, 0.4) is 0 Å². The van der Waals surface area contributed by atoms with Gasteiger partial charge in [0.2, 0.25) is 0 Å². The van der Waals surface area contributed by atoms with E-state index in [-0.39, 0.29) is 0 Å². The molecular weight excluding hydrogens is 210 g/mol. The summed E-state index contributed by atoms with van der Waals surface area (Å²) in [5, 5.41) is 0. The second kappa shape index (κ2) is 4.00. The van der Waals surface area contributed by atoms with Crippen LogP contribution in [0.15, 0.2) is 30.3 Å². The number of hydrogen-bond donors (Lipinski definition) is 1. The molecule has 0 saturated carbocycles. The largest absolute Gasteiger partial charge is 0.328 e. The van der Waals surface area contributed by atoms with Gasteiger partial charge in [0.15, 0.2) is 0 Å². The topological polar surface area (TPSA) is 43.8 Å². The average Bonchev–Trinajstić information content (AvgIpc) is 2.68. The second-order valence-corrected chi connectivity index (χ2v) is 4.74. The molecule has 2 heterocycles. The molecule has 0 saturated heterocycles. The molecule has 1 aromatic heterocycles. The Kier molecular flexibility index (Phi) is 2.48. The average molecular weight is 227 g/mol. The highest BCUT2D eigenvalue weighted by Gasteiger charge is 2.22.